The van der Waals surface area contributed by atoms with Gasteiger partial charge in [-0.3, -0.25) is 9.59 Å². The maximum atomic E-state index is 13.2. The Kier molecular flexibility index (Phi) is 5.22. The van der Waals surface area contributed by atoms with Gasteiger partial charge >= 0.3 is 0 Å². The first-order valence-corrected chi connectivity index (χ1v) is 9.29. The monoisotopic (exact) mass is 395 g/mol. The average Bonchev–Trinajstić information content (AvgIpc) is 3.18. The number of hydrogen-bond acceptors (Lipinski definition) is 6. The van der Waals surface area contributed by atoms with Crippen LogP contribution >= 0.6 is 0 Å². The highest BCUT2D eigenvalue weighted by Crippen LogP contribution is 2.42. The van der Waals surface area contributed by atoms with Gasteiger partial charge in [-0.2, -0.15) is 0 Å². The molecule has 29 heavy (non-hydrogen) atoms. The highest BCUT2D eigenvalue weighted by molar-refractivity contribution is 6.44. The fourth-order valence-electron chi connectivity index (χ4n) is 3.49. The number of amides is 1. The Morgan fingerprint density at radius 3 is 2.38 bits per heavy atom. The standard InChI is InChI=1S/C22H21NO6/c1-26-15-12-16(27-2)19-17(13-15)29-21(18(19)14-6-4-3-5-7-14)20(24)22(25)23-8-10-28-11-9-23/h3-7,12-13H,8-11H2,1-2H3. The molecular formula is C22H21NO6. The van der Waals surface area contributed by atoms with E-state index >= 15 is 0 Å². The lowest BCUT2D eigenvalue weighted by atomic mass is 9.99. The van der Waals surface area contributed by atoms with E-state index in [0.29, 0.717) is 54.3 Å². The number of morpholine rings is 1. The quantitative estimate of drug-likeness (QED) is 0.488. The summed E-state index contributed by atoms with van der Waals surface area (Å²) in [6.45, 7) is 1.58. The van der Waals surface area contributed by atoms with E-state index in [2.05, 4.69) is 0 Å². The van der Waals surface area contributed by atoms with Crippen molar-refractivity contribution in [2.24, 2.45) is 0 Å². The minimum atomic E-state index is -0.692. The van der Waals surface area contributed by atoms with Gasteiger partial charge in [0.15, 0.2) is 5.76 Å². The minimum Gasteiger partial charge on any atom is -0.496 e. The first kappa shape index (κ1) is 19.0. The van der Waals surface area contributed by atoms with Crippen molar-refractivity contribution < 1.29 is 28.2 Å². The lowest BCUT2D eigenvalue weighted by molar-refractivity contribution is -0.130. The highest BCUT2D eigenvalue weighted by Gasteiger charge is 2.32. The molecule has 1 aliphatic heterocycles. The van der Waals surface area contributed by atoms with Gasteiger partial charge in [0.1, 0.15) is 17.1 Å². The van der Waals surface area contributed by atoms with Gasteiger partial charge in [-0.25, -0.2) is 0 Å². The van der Waals surface area contributed by atoms with Crippen molar-refractivity contribution in [2.75, 3.05) is 40.5 Å². The van der Waals surface area contributed by atoms with Crippen LogP contribution in [0.2, 0.25) is 0 Å². The van der Waals surface area contributed by atoms with Gasteiger partial charge in [-0.15, -0.1) is 0 Å². The van der Waals surface area contributed by atoms with Crippen molar-refractivity contribution in [2.45, 2.75) is 0 Å². The Morgan fingerprint density at radius 1 is 1.00 bits per heavy atom. The van der Waals surface area contributed by atoms with Gasteiger partial charge in [0.25, 0.3) is 11.7 Å². The third-order valence-corrected chi connectivity index (χ3v) is 4.95. The Morgan fingerprint density at radius 2 is 1.72 bits per heavy atom. The number of hydrogen-bond donors (Lipinski definition) is 0. The summed E-state index contributed by atoms with van der Waals surface area (Å²) in [6.07, 6.45) is 0. The number of Topliss-reactive ketones (excluding diaryl/α,β-unsaturated/α-hetero) is 1. The number of benzene rings is 2. The minimum absolute atomic E-state index is 0.00533. The maximum absolute atomic E-state index is 13.2. The zero-order valence-electron chi connectivity index (χ0n) is 16.3. The van der Waals surface area contributed by atoms with Crippen molar-refractivity contribution in [3.63, 3.8) is 0 Å². The number of methoxy groups -OCH3 is 2. The second-order valence-electron chi connectivity index (χ2n) is 6.61. The fraction of sp³-hybridized carbons (Fsp3) is 0.273. The summed E-state index contributed by atoms with van der Waals surface area (Å²) in [6, 6.07) is 12.7. The molecule has 1 amide bonds. The predicted octanol–water partition coefficient (Wildman–Crippen LogP) is 3.16. The molecule has 0 unspecified atom stereocenters. The van der Waals surface area contributed by atoms with E-state index < -0.39 is 11.7 Å². The molecule has 7 heteroatoms. The zero-order chi connectivity index (χ0) is 20.4. The molecule has 0 aliphatic carbocycles. The van der Waals surface area contributed by atoms with Gasteiger partial charge in [-0.05, 0) is 5.56 Å². The molecule has 0 bridgehead atoms. The molecule has 0 spiro atoms. The topological polar surface area (TPSA) is 78.2 Å². The van der Waals surface area contributed by atoms with E-state index in [1.54, 1.807) is 12.1 Å². The van der Waals surface area contributed by atoms with E-state index in [0.717, 1.165) is 5.56 Å². The van der Waals surface area contributed by atoms with Crippen LogP contribution in [0.4, 0.5) is 0 Å². The van der Waals surface area contributed by atoms with Crippen LogP contribution in [0.15, 0.2) is 46.9 Å². The van der Waals surface area contributed by atoms with E-state index in [-0.39, 0.29) is 5.76 Å². The molecule has 2 heterocycles. The third kappa shape index (κ3) is 3.45. The second-order valence-corrected chi connectivity index (χ2v) is 6.61. The number of furan rings is 1. The van der Waals surface area contributed by atoms with Gasteiger partial charge < -0.3 is 23.5 Å². The SMILES string of the molecule is COc1cc(OC)c2c(-c3ccccc3)c(C(=O)C(=O)N3CCOCC3)oc2c1. The Bertz CT molecular complexity index is 1050. The largest absolute Gasteiger partial charge is 0.496 e. The normalized spacial score (nSPS) is 14.1. The summed E-state index contributed by atoms with van der Waals surface area (Å²) in [7, 11) is 3.08. The number of carbonyl (C=O) groups excluding carboxylic acids is 2. The van der Waals surface area contributed by atoms with Gasteiger partial charge in [0.2, 0.25) is 0 Å². The summed E-state index contributed by atoms with van der Waals surface area (Å²) in [5.74, 6) is -0.270. The van der Waals surface area contributed by atoms with E-state index in [4.69, 9.17) is 18.6 Å². The Labute approximate surface area is 167 Å². The summed E-state index contributed by atoms with van der Waals surface area (Å²) < 4.78 is 22.0. The zero-order valence-corrected chi connectivity index (χ0v) is 16.3. The lowest BCUT2D eigenvalue weighted by Crippen LogP contribution is -2.44. The highest BCUT2D eigenvalue weighted by atomic mass is 16.5. The van der Waals surface area contributed by atoms with Crippen LogP contribution in [0, 0.1) is 0 Å². The number of rotatable bonds is 5. The molecule has 0 N–H and O–H groups in total. The van der Waals surface area contributed by atoms with Gasteiger partial charge in [-0.1, -0.05) is 30.3 Å². The molecule has 2 aromatic carbocycles. The molecule has 0 atom stereocenters. The number of carbonyl (C=O) groups is 2. The summed E-state index contributed by atoms with van der Waals surface area (Å²) >= 11 is 0. The maximum Gasteiger partial charge on any atom is 0.298 e. The smallest absolute Gasteiger partial charge is 0.298 e. The van der Waals surface area contributed by atoms with Crippen molar-refractivity contribution in [1.82, 2.24) is 4.90 Å². The number of fused-ring (bicyclic) bond motifs is 1. The van der Waals surface area contributed by atoms with Crippen molar-refractivity contribution in [1.29, 1.82) is 0 Å². The first-order chi connectivity index (χ1) is 14.1. The molecule has 4 rings (SSSR count). The number of nitrogens with zero attached hydrogens (tertiary/aromatic N) is 1. The molecule has 7 nitrogen and oxygen atoms in total. The Hall–Kier alpha value is -3.32. The summed E-state index contributed by atoms with van der Waals surface area (Å²) in [4.78, 5) is 27.5. The molecule has 3 aromatic rings. The Balaban J connectivity index is 1.90. The van der Waals surface area contributed by atoms with E-state index in [1.807, 2.05) is 30.3 Å². The third-order valence-electron chi connectivity index (χ3n) is 4.95. The lowest BCUT2D eigenvalue weighted by Gasteiger charge is -2.25. The molecule has 0 radical (unpaired) electrons. The number of ketones is 1. The molecule has 0 saturated carbocycles. The molecular weight excluding hydrogens is 374 g/mol. The van der Waals surface area contributed by atoms with E-state index in [9.17, 15) is 9.59 Å². The van der Waals surface area contributed by atoms with Crippen LogP contribution in [0.1, 0.15) is 10.6 Å². The molecule has 1 aliphatic rings. The summed E-state index contributed by atoms with van der Waals surface area (Å²) in [5.41, 5.74) is 1.71. The van der Waals surface area contributed by atoms with Crippen LogP contribution in [0.3, 0.4) is 0 Å². The van der Waals surface area contributed by atoms with Crippen LogP contribution in [-0.4, -0.2) is 57.1 Å². The summed E-state index contributed by atoms with van der Waals surface area (Å²) in [5, 5.41) is 0.623. The number of ether oxygens (including phenoxy) is 3. The van der Waals surface area contributed by atoms with Crippen molar-refractivity contribution in [3.05, 3.63) is 48.2 Å². The average molecular weight is 395 g/mol. The molecule has 1 saturated heterocycles. The van der Waals surface area contributed by atoms with Crippen LogP contribution in [-0.2, 0) is 9.53 Å². The second kappa shape index (κ2) is 7.97. The van der Waals surface area contributed by atoms with Crippen molar-refractivity contribution >= 4 is 22.7 Å². The molecule has 1 fully saturated rings. The van der Waals surface area contributed by atoms with Crippen molar-refractivity contribution in [3.8, 4) is 22.6 Å². The first-order valence-electron chi connectivity index (χ1n) is 9.29. The van der Waals surface area contributed by atoms with Crippen LogP contribution < -0.4 is 9.47 Å². The van der Waals surface area contributed by atoms with Gasteiger partial charge in [0, 0.05) is 30.8 Å². The molecule has 150 valence electrons. The van der Waals surface area contributed by atoms with Crippen LogP contribution in [0.25, 0.3) is 22.1 Å². The molecule has 1 aromatic heterocycles. The predicted molar refractivity (Wildman–Crippen MR) is 106 cm³/mol. The van der Waals surface area contributed by atoms with Gasteiger partial charge in [0.05, 0.1) is 32.8 Å². The fourth-order valence-corrected chi connectivity index (χ4v) is 3.49. The van der Waals surface area contributed by atoms with Crippen LogP contribution in [0.5, 0.6) is 11.5 Å². The van der Waals surface area contributed by atoms with E-state index in [1.165, 1.54) is 19.1 Å².